The van der Waals surface area contributed by atoms with Gasteiger partial charge >= 0.3 is 0 Å². The normalized spacial score (nSPS) is 35.5. The Bertz CT molecular complexity index is 1140. The fourth-order valence-electron chi connectivity index (χ4n) is 8.54. The van der Waals surface area contributed by atoms with Crippen LogP contribution in [0, 0.1) is 11.8 Å². The molecule has 4 bridgehead atoms. The van der Waals surface area contributed by atoms with E-state index in [1.54, 1.807) is 19.5 Å². The van der Waals surface area contributed by atoms with Gasteiger partial charge in [0.05, 0.1) is 30.9 Å². The number of piperidine rings is 2. The van der Waals surface area contributed by atoms with Crippen molar-refractivity contribution < 1.29 is 9.84 Å². The minimum absolute atomic E-state index is 0.273. The van der Waals surface area contributed by atoms with Crippen LogP contribution in [0.3, 0.4) is 0 Å². The molecule has 4 fully saturated rings. The quantitative estimate of drug-likeness (QED) is 0.628. The highest BCUT2D eigenvalue weighted by Crippen LogP contribution is 2.48. The van der Waals surface area contributed by atoms with Gasteiger partial charge in [-0.3, -0.25) is 9.88 Å². The highest BCUT2D eigenvalue weighted by Gasteiger charge is 2.47. The van der Waals surface area contributed by atoms with E-state index in [4.69, 9.17) is 9.73 Å². The molecule has 3 aliphatic heterocycles. The molecule has 196 valence electrons. The molecule has 7 heteroatoms. The zero-order valence-corrected chi connectivity index (χ0v) is 21.9. The van der Waals surface area contributed by atoms with Crippen LogP contribution in [0.2, 0.25) is 0 Å². The van der Waals surface area contributed by atoms with Crippen LogP contribution in [0.1, 0.15) is 76.3 Å². The number of fused-ring (bicyclic) bond motifs is 5. The number of para-hydroxylation sites is 2. The molecule has 5 unspecified atom stereocenters. The molecule has 0 spiro atoms. The molecule has 1 aromatic heterocycles. The minimum atomic E-state index is -0.859. The number of ether oxygens (including phenoxy) is 1. The molecule has 0 radical (unpaired) electrons. The predicted octanol–water partition coefficient (Wildman–Crippen LogP) is 5.10. The molecule has 1 N–H and O–H groups in total. The van der Waals surface area contributed by atoms with Crippen molar-refractivity contribution in [3.05, 3.63) is 42.4 Å². The van der Waals surface area contributed by atoms with E-state index in [1.165, 1.54) is 57.8 Å². The highest BCUT2D eigenvalue weighted by molar-refractivity contribution is 6.07. The Labute approximate surface area is 220 Å². The summed E-state index contributed by atoms with van der Waals surface area (Å²) < 4.78 is 5.31. The number of hydrogen-bond acceptors (Lipinski definition) is 7. The third kappa shape index (κ3) is 4.24. The molecule has 4 heterocycles. The number of aliphatic hydroxyl groups is 1. The van der Waals surface area contributed by atoms with Gasteiger partial charge in [0, 0.05) is 24.2 Å². The molecule has 7 rings (SSSR count). The van der Waals surface area contributed by atoms with Gasteiger partial charge in [0.25, 0.3) is 0 Å². The van der Waals surface area contributed by atoms with Crippen LogP contribution in [0.4, 0.5) is 11.4 Å². The highest BCUT2D eigenvalue weighted by atomic mass is 16.5. The maximum atomic E-state index is 11.8. The molecule has 1 aromatic carbocycles. The maximum absolute atomic E-state index is 11.8. The Morgan fingerprint density at radius 3 is 2.32 bits per heavy atom. The van der Waals surface area contributed by atoms with E-state index < -0.39 is 6.23 Å². The molecule has 2 saturated heterocycles. The summed E-state index contributed by atoms with van der Waals surface area (Å²) in [6.07, 6.45) is 17.2. The van der Waals surface area contributed by atoms with E-state index in [2.05, 4.69) is 31.9 Å². The molecular weight excluding hydrogens is 462 g/mol. The van der Waals surface area contributed by atoms with Crippen LogP contribution >= 0.6 is 0 Å². The number of aromatic nitrogens is 2. The zero-order chi connectivity index (χ0) is 24.9. The van der Waals surface area contributed by atoms with Crippen molar-refractivity contribution in [2.75, 3.05) is 12.0 Å². The van der Waals surface area contributed by atoms with E-state index >= 15 is 0 Å². The standard InChI is InChI=1S/C30H39N5O2/c1-37-28-18-31-17-26(32-28)29-30(36)35(27-11-3-2-10-25(27)33-29)24-15-21-8-5-9-22(16-24)34(21)23-13-19-6-4-7-20(12-19)14-23/h2-3,10-11,17-24,30,36H,4-9,12-16H2,1H3. The summed E-state index contributed by atoms with van der Waals surface area (Å²) >= 11 is 0. The van der Waals surface area contributed by atoms with E-state index in [-0.39, 0.29) is 6.04 Å². The van der Waals surface area contributed by atoms with Gasteiger partial charge in [0.1, 0.15) is 11.4 Å². The number of aliphatic imine (C=N–C) groups is 1. The van der Waals surface area contributed by atoms with Crippen LogP contribution in [0.5, 0.6) is 5.88 Å². The summed E-state index contributed by atoms with van der Waals surface area (Å²) in [6.45, 7) is 0. The summed E-state index contributed by atoms with van der Waals surface area (Å²) in [5.74, 6) is 2.34. The molecular formula is C30H39N5O2. The number of nitrogens with zero attached hydrogens (tertiary/aromatic N) is 5. The van der Waals surface area contributed by atoms with Crippen LogP contribution in [-0.2, 0) is 0 Å². The molecule has 5 atom stereocenters. The summed E-state index contributed by atoms with van der Waals surface area (Å²) in [5.41, 5.74) is 3.04. The largest absolute Gasteiger partial charge is 0.480 e. The summed E-state index contributed by atoms with van der Waals surface area (Å²) in [6, 6.07) is 10.5. The third-order valence-electron chi connectivity index (χ3n) is 9.92. The van der Waals surface area contributed by atoms with Crippen molar-refractivity contribution in [1.82, 2.24) is 14.9 Å². The number of benzene rings is 1. The van der Waals surface area contributed by atoms with Crippen molar-refractivity contribution in [2.24, 2.45) is 16.8 Å². The van der Waals surface area contributed by atoms with Crippen molar-refractivity contribution in [2.45, 2.75) is 101 Å². The first-order valence-electron chi connectivity index (χ1n) is 14.5. The van der Waals surface area contributed by atoms with Crippen LogP contribution < -0.4 is 9.64 Å². The second-order valence-electron chi connectivity index (χ2n) is 12.0. The number of hydrogen-bond donors (Lipinski definition) is 1. The first-order chi connectivity index (χ1) is 18.2. The Morgan fingerprint density at radius 2 is 1.57 bits per heavy atom. The molecule has 2 saturated carbocycles. The predicted molar refractivity (Wildman–Crippen MR) is 144 cm³/mol. The van der Waals surface area contributed by atoms with Gasteiger partial charge in [-0.1, -0.05) is 37.8 Å². The third-order valence-corrected chi connectivity index (χ3v) is 9.92. The van der Waals surface area contributed by atoms with Gasteiger partial charge in [-0.05, 0) is 68.9 Å². The topological polar surface area (TPSA) is 74.1 Å². The Kier molecular flexibility index (Phi) is 6.16. The van der Waals surface area contributed by atoms with Gasteiger partial charge in [-0.25, -0.2) is 9.98 Å². The summed E-state index contributed by atoms with van der Waals surface area (Å²) in [7, 11) is 1.58. The molecule has 2 aromatic rings. The molecule has 0 amide bonds. The number of rotatable bonds is 4. The molecule has 2 aliphatic carbocycles. The number of methoxy groups -OCH3 is 1. The van der Waals surface area contributed by atoms with Crippen LogP contribution in [0.15, 0.2) is 41.7 Å². The van der Waals surface area contributed by atoms with Crippen molar-refractivity contribution in [1.29, 1.82) is 0 Å². The lowest BCUT2D eigenvalue weighted by atomic mass is 9.68. The molecule has 7 nitrogen and oxygen atoms in total. The Hall–Kier alpha value is -2.51. The van der Waals surface area contributed by atoms with Gasteiger partial charge < -0.3 is 14.7 Å². The van der Waals surface area contributed by atoms with Crippen molar-refractivity contribution >= 4 is 17.1 Å². The average molecular weight is 502 g/mol. The van der Waals surface area contributed by atoms with Gasteiger partial charge in [0.2, 0.25) is 5.88 Å². The second-order valence-corrected chi connectivity index (χ2v) is 12.0. The lowest BCUT2D eigenvalue weighted by Gasteiger charge is -2.57. The summed E-state index contributed by atoms with van der Waals surface area (Å²) in [4.78, 5) is 18.9. The summed E-state index contributed by atoms with van der Waals surface area (Å²) in [5, 5.41) is 11.8. The zero-order valence-electron chi connectivity index (χ0n) is 21.9. The minimum Gasteiger partial charge on any atom is -0.480 e. The van der Waals surface area contributed by atoms with Crippen molar-refractivity contribution in [3.8, 4) is 5.88 Å². The van der Waals surface area contributed by atoms with E-state index in [0.717, 1.165) is 42.1 Å². The van der Waals surface area contributed by atoms with Crippen LogP contribution in [0.25, 0.3) is 0 Å². The van der Waals surface area contributed by atoms with Gasteiger partial charge in [-0.2, -0.15) is 0 Å². The average Bonchev–Trinajstić information content (AvgIpc) is 2.92. The fraction of sp³-hybridized carbons (Fsp3) is 0.633. The molecule has 37 heavy (non-hydrogen) atoms. The van der Waals surface area contributed by atoms with E-state index in [0.29, 0.717) is 29.4 Å². The smallest absolute Gasteiger partial charge is 0.232 e. The van der Waals surface area contributed by atoms with E-state index in [1.807, 2.05) is 12.1 Å². The fourth-order valence-corrected chi connectivity index (χ4v) is 8.54. The van der Waals surface area contributed by atoms with Gasteiger partial charge in [-0.15, -0.1) is 0 Å². The van der Waals surface area contributed by atoms with Crippen LogP contribution in [-0.4, -0.2) is 63.2 Å². The maximum Gasteiger partial charge on any atom is 0.232 e. The number of aliphatic hydroxyl groups excluding tert-OH is 1. The first-order valence-corrected chi connectivity index (χ1v) is 14.5. The van der Waals surface area contributed by atoms with Crippen molar-refractivity contribution in [3.63, 3.8) is 0 Å². The lowest BCUT2D eigenvalue weighted by Crippen LogP contribution is -2.63. The SMILES string of the molecule is COc1cncc(C2=Nc3ccccc3N(C3CC4CCCC(C3)N4C3CC4CCCC(C4)C3)C2O)n1. The Balaban J connectivity index is 1.18. The molecule has 5 aliphatic rings. The number of anilines is 1. The second kappa shape index (κ2) is 9.66. The monoisotopic (exact) mass is 501 g/mol. The van der Waals surface area contributed by atoms with E-state index in [9.17, 15) is 5.11 Å². The first kappa shape index (κ1) is 23.6. The Morgan fingerprint density at radius 1 is 0.838 bits per heavy atom. The lowest BCUT2D eigenvalue weighted by molar-refractivity contribution is -0.0430. The van der Waals surface area contributed by atoms with Gasteiger partial charge in [0.15, 0.2) is 6.23 Å².